The van der Waals surface area contributed by atoms with Crippen LogP contribution in [0, 0.1) is 5.92 Å². The molecule has 1 heterocycles. The van der Waals surface area contributed by atoms with Crippen molar-refractivity contribution in [3.63, 3.8) is 0 Å². The van der Waals surface area contributed by atoms with Gasteiger partial charge in [0.25, 0.3) is 0 Å². The van der Waals surface area contributed by atoms with Crippen LogP contribution in [0.5, 0.6) is 11.5 Å². The molecule has 0 radical (unpaired) electrons. The normalized spacial score (nSPS) is 15.3. The molecule has 144 valence electrons. The van der Waals surface area contributed by atoms with Crippen molar-refractivity contribution in [3.8, 4) is 11.5 Å². The molecule has 0 unspecified atom stereocenters. The van der Waals surface area contributed by atoms with E-state index in [4.69, 9.17) is 9.47 Å². The summed E-state index contributed by atoms with van der Waals surface area (Å²) in [6, 6.07) is 5.76. The Hall–Kier alpha value is -2.28. The Kier molecular flexibility index (Phi) is 7.72. The summed E-state index contributed by atoms with van der Waals surface area (Å²) in [5, 5.41) is 5.65. The van der Waals surface area contributed by atoms with Crippen molar-refractivity contribution in [2.24, 2.45) is 5.92 Å². The lowest BCUT2D eigenvalue weighted by atomic mass is 9.96. The quantitative estimate of drug-likeness (QED) is 0.715. The zero-order valence-corrected chi connectivity index (χ0v) is 15.8. The van der Waals surface area contributed by atoms with E-state index in [-0.39, 0.29) is 17.7 Å². The summed E-state index contributed by atoms with van der Waals surface area (Å²) < 4.78 is 10.5. The van der Waals surface area contributed by atoms with E-state index < -0.39 is 0 Å². The first-order chi connectivity index (χ1) is 12.6. The minimum atomic E-state index is 0.0175. The van der Waals surface area contributed by atoms with Crippen molar-refractivity contribution in [1.82, 2.24) is 15.5 Å². The number of hydrogen-bond donors (Lipinski definition) is 2. The molecule has 0 atom stereocenters. The summed E-state index contributed by atoms with van der Waals surface area (Å²) >= 11 is 0. The summed E-state index contributed by atoms with van der Waals surface area (Å²) in [5.41, 5.74) is 1.08. The summed E-state index contributed by atoms with van der Waals surface area (Å²) in [4.78, 5) is 25.9. The van der Waals surface area contributed by atoms with E-state index in [0.717, 1.165) is 37.9 Å². The minimum absolute atomic E-state index is 0.0175. The highest BCUT2D eigenvalue weighted by atomic mass is 16.5. The van der Waals surface area contributed by atoms with Gasteiger partial charge in [-0.05, 0) is 50.0 Å². The molecule has 0 saturated carbocycles. The molecule has 26 heavy (non-hydrogen) atoms. The average Bonchev–Trinajstić information content (AvgIpc) is 2.67. The largest absolute Gasteiger partial charge is 0.493 e. The molecule has 1 aromatic rings. The second-order valence-corrected chi connectivity index (χ2v) is 6.45. The van der Waals surface area contributed by atoms with Crippen LogP contribution in [-0.2, 0) is 16.0 Å². The van der Waals surface area contributed by atoms with Gasteiger partial charge in [-0.15, -0.1) is 0 Å². The van der Waals surface area contributed by atoms with Gasteiger partial charge in [-0.1, -0.05) is 6.07 Å². The number of carbonyl (C=O) groups is 2. The Morgan fingerprint density at radius 2 is 1.85 bits per heavy atom. The van der Waals surface area contributed by atoms with Crippen LogP contribution in [0.2, 0.25) is 0 Å². The van der Waals surface area contributed by atoms with E-state index >= 15 is 0 Å². The number of benzene rings is 1. The van der Waals surface area contributed by atoms with Gasteiger partial charge in [-0.2, -0.15) is 0 Å². The van der Waals surface area contributed by atoms with Gasteiger partial charge in [0.2, 0.25) is 11.8 Å². The molecule has 0 aliphatic carbocycles. The Morgan fingerprint density at radius 1 is 1.15 bits per heavy atom. The molecule has 1 aliphatic rings. The zero-order valence-electron chi connectivity index (χ0n) is 15.8. The van der Waals surface area contributed by atoms with E-state index in [9.17, 15) is 9.59 Å². The van der Waals surface area contributed by atoms with Gasteiger partial charge in [0.15, 0.2) is 11.5 Å². The Morgan fingerprint density at radius 3 is 2.46 bits per heavy atom. The van der Waals surface area contributed by atoms with E-state index in [2.05, 4.69) is 15.5 Å². The summed E-state index contributed by atoms with van der Waals surface area (Å²) in [6.07, 6.45) is 2.34. The topological polar surface area (TPSA) is 79.9 Å². The minimum Gasteiger partial charge on any atom is -0.493 e. The smallest absolute Gasteiger partial charge is 0.234 e. The van der Waals surface area contributed by atoms with Crippen LogP contribution in [0.15, 0.2) is 18.2 Å². The summed E-state index contributed by atoms with van der Waals surface area (Å²) in [6.45, 7) is 2.51. The Labute approximate surface area is 155 Å². The molecule has 0 spiro atoms. The molecule has 1 aromatic carbocycles. The number of rotatable bonds is 8. The van der Waals surface area contributed by atoms with Crippen LogP contribution in [-0.4, -0.2) is 64.2 Å². The van der Waals surface area contributed by atoms with Crippen LogP contribution in [0.1, 0.15) is 18.4 Å². The first kappa shape index (κ1) is 20.0. The summed E-state index contributed by atoms with van der Waals surface area (Å²) in [7, 11) is 4.88. The Bertz CT molecular complexity index is 613. The molecule has 1 fully saturated rings. The number of nitrogens with zero attached hydrogens (tertiary/aromatic N) is 1. The van der Waals surface area contributed by atoms with Gasteiger partial charge in [-0.25, -0.2) is 0 Å². The third-order valence-electron chi connectivity index (χ3n) is 4.76. The molecule has 1 saturated heterocycles. The van der Waals surface area contributed by atoms with Gasteiger partial charge < -0.3 is 20.1 Å². The molecular weight excluding hydrogens is 334 g/mol. The monoisotopic (exact) mass is 363 g/mol. The lowest BCUT2D eigenvalue weighted by Gasteiger charge is -2.30. The maximum Gasteiger partial charge on any atom is 0.234 e. The van der Waals surface area contributed by atoms with Crippen molar-refractivity contribution in [2.75, 3.05) is 47.4 Å². The Balaban J connectivity index is 1.70. The van der Waals surface area contributed by atoms with Gasteiger partial charge in [0.05, 0.1) is 20.8 Å². The third-order valence-corrected chi connectivity index (χ3v) is 4.76. The van der Waals surface area contributed by atoms with Crippen molar-refractivity contribution < 1.29 is 19.1 Å². The number of likely N-dealkylation sites (tertiary alicyclic amines) is 1. The first-order valence-electron chi connectivity index (χ1n) is 8.99. The maximum absolute atomic E-state index is 12.1. The summed E-state index contributed by atoms with van der Waals surface area (Å²) in [5.74, 6) is 1.58. The molecule has 7 nitrogen and oxygen atoms in total. The van der Waals surface area contributed by atoms with Crippen molar-refractivity contribution in [3.05, 3.63) is 23.8 Å². The number of piperidine rings is 1. The van der Waals surface area contributed by atoms with Crippen LogP contribution in [0.4, 0.5) is 0 Å². The fourth-order valence-electron chi connectivity index (χ4n) is 3.20. The predicted molar refractivity (Wildman–Crippen MR) is 99.5 cm³/mol. The maximum atomic E-state index is 12.1. The standard InChI is InChI=1S/C19H29N3O4/c1-20-19(24)15-7-10-22(11-8-15)13-18(23)21-9-6-14-4-5-16(25-2)17(12-14)26-3/h4-5,12,15H,6-11,13H2,1-3H3,(H,20,24)(H,21,23). The molecule has 2 N–H and O–H groups in total. The molecule has 7 heteroatoms. The van der Waals surface area contributed by atoms with Gasteiger partial charge in [0, 0.05) is 19.5 Å². The lowest BCUT2D eigenvalue weighted by Crippen LogP contribution is -2.44. The van der Waals surface area contributed by atoms with Crippen LogP contribution in [0.3, 0.4) is 0 Å². The number of amides is 2. The molecule has 0 bridgehead atoms. The van der Waals surface area contributed by atoms with Crippen molar-refractivity contribution in [2.45, 2.75) is 19.3 Å². The SMILES string of the molecule is CNC(=O)C1CCN(CC(=O)NCCc2ccc(OC)c(OC)c2)CC1. The van der Waals surface area contributed by atoms with Crippen molar-refractivity contribution in [1.29, 1.82) is 0 Å². The van der Waals surface area contributed by atoms with Gasteiger partial charge in [-0.3, -0.25) is 14.5 Å². The number of ether oxygens (including phenoxy) is 2. The zero-order chi connectivity index (χ0) is 18.9. The highest BCUT2D eigenvalue weighted by Crippen LogP contribution is 2.27. The fraction of sp³-hybridized carbons (Fsp3) is 0.579. The van der Waals surface area contributed by atoms with E-state index in [1.807, 2.05) is 18.2 Å². The van der Waals surface area contributed by atoms with Crippen LogP contribution >= 0.6 is 0 Å². The van der Waals surface area contributed by atoms with E-state index in [1.165, 1.54) is 0 Å². The highest BCUT2D eigenvalue weighted by molar-refractivity contribution is 5.79. The number of hydrogen-bond acceptors (Lipinski definition) is 5. The molecule has 2 amide bonds. The van der Waals surface area contributed by atoms with E-state index in [0.29, 0.717) is 24.6 Å². The third kappa shape index (κ3) is 5.62. The molecule has 1 aliphatic heterocycles. The first-order valence-corrected chi connectivity index (χ1v) is 8.99. The number of nitrogens with one attached hydrogen (secondary N) is 2. The van der Waals surface area contributed by atoms with Crippen LogP contribution in [0.25, 0.3) is 0 Å². The fourth-order valence-corrected chi connectivity index (χ4v) is 3.20. The van der Waals surface area contributed by atoms with E-state index in [1.54, 1.807) is 21.3 Å². The molecule has 2 rings (SSSR count). The second-order valence-electron chi connectivity index (χ2n) is 6.45. The second kappa shape index (κ2) is 10.0. The van der Waals surface area contributed by atoms with Gasteiger partial charge in [0.1, 0.15) is 0 Å². The highest BCUT2D eigenvalue weighted by Gasteiger charge is 2.24. The van der Waals surface area contributed by atoms with Gasteiger partial charge >= 0.3 is 0 Å². The lowest BCUT2D eigenvalue weighted by molar-refractivity contribution is -0.126. The molecule has 0 aromatic heterocycles. The predicted octanol–water partition coefficient (Wildman–Crippen LogP) is 0.821. The average molecular weight is 363 g/mol. The number of carbonyl (C=O) groups excluding carboxylic acids is 2. The number of methoxy groups -OCH3 is 2. The molecular formula is C19H29N3O4. The van der Waals surface area contributed by atoms with Crippen molar-refractivity contribution >= 4 is 11.8 Å². The van der Waals surface area contributed by atoms with Crippen LogP contribution < -0.4 is 20.1 Å².